The molecule has 0 bridgehead atoms. The second kappa shape index (κ2) is 7.40. The molecule has 0 saturated carbocycles. The van der Waals surface area contributed by atoms with Gasteiger partial charge in [-0.3, -0.25) is 0 Å². The highest BCUT2D eigenvalue weighted by Crippen LogP contribution is 2.48. The van der Waals surface area contributed by atoms with E-state index >= 15 is 0 Å². The summed E-state index contributed by atoms with van der Waals surface area (Å²) in [5.74, 6) is -8.33. The highest BCUT2D eigenvalue weighted by Gasteiger charge is 2.71. The van der Waals surface area contributed by atoms with Gasteiger partial charge in [0.25, 0.3) is 11.7 Å². The summed E-state index contributed by atoms with van der Waals surface area (Å²) in [4.78, 5) is 22.8. The zero-order chi connectivity index (χ0) is 22.3. The number of ether oxygens (including phenoxy) is 3. The van der Waals surface area contributed by atoms with Crippen molar-refractivity contribution < 1.29 is 67.7 Å². The topological polar surface area (TPSA) is 61.8 Å². The number of hydrogen-bond acceptors (Lipinski definition) is 5. The van der Waals surface area contributed by atoms with Gasteiger partial charge in [-0.15, -0.1) is 0 Å². The summed E-state index contributed by atoms with van der Waals surface area (Å²) in [6, 6.07) is 0. The van der Waals surface area contributed by atoms with Crippen LogP contribution in [-0.2, 0) is 23.8 Å². The fraction of sp³-hybridized carbons (Fsp3) is 0.692. The standard InChI is InChI=1S/C13H10F10O5/c1-4-3-10(13(21,22)23,28-7(4)26-6(24)5(2)14)9(25)27-8(11(15,16)17)12(18,19)20/h4,7-8H,2-3H2,1H3. The molecule has 1 rings (SSSR count). The third kappa shape index (κ3) is 4.86. The highest BCUT2D eigenvalue weighted by molar-refractivity contribution is 5.85. The summed E-state index contributed by atoms with van der Waals surface area (Å²) in [6.07, 6.45) is -27.2. The lowest BCUT2D eigenvalue weighted by Crippen LogP contribution is -2.57. The quantitative estimate of drug-likeness (QED) is 0.382. The van der Waals surface area contributed by atoms with Crippen LogP contribution in [0.2, 0.25) is 0 Å². The summed E-state index contributed by atoms with van der Waals surface area (Å²) in [7, 11) is 0. The molecular weight excluding hydrogens is 426 g/mol. The predicted molar refractivity (Wildman–Crippen MR) is 65.8 cm³/mol. The molecule has 28 heavy (non-hydrogen) atoms. The monoisotopic (exact) mass is 436 g/mol. The molecule has 0 amide bonds. The molecule has 0 aliphatic carbocycles. The van der Waals surface area contributed by atoms with Crippen LogP contribution >= 0.6 is 0 Å². The van der Waals surface area contributed by atoms with E-state index in [1.165, 1.54) is 0 Å². The average Bonchev–Trinajstić information content (AvgIpc) is 2.79. The molecule has 0 aromatic rings. The van der Waals surface area contributed by atoms with E-state index in [0.29, 0.717) is 0 Å². The Morgan fingerprint density at radius 3 is 1.89 bits per heavy atom. The Hall–Kier alpha value is -2.06. The Kier molecular flexibility index (Phi) is 6.34. The van der Waals surface area contributed by atoms with E-state index in [-0.39, 0.29) is 0 Å². The van der Waals surface area contributed by atoms with Gasteiger partial charge in [-0.1, -0.05) is 13.5 Å². The van der Waals surface area contributed by atoms with Crippen LogP contribution in [0.1, 0.15) is 13.3 Å². The molecule has 15 heteroatoms. The Morgan fingerprint density at radius 2 is 1.54 bits per heavy atom. The minimum atomic E-state index is -6.28. The van der Waals surface area contributed by atoms with Gasteiger partial charge in [-0.2, -0.15) is 43.9 Å². The molecule has 3 atom stereocenters. The zero-order valence-corrected chi connectivity index (χ0v) is 13.5. The van der Waals surface area contributed by atoms with Gasteiger partial charge < -0.3 is 14.2 Å². The van der Waals surface area contributed by atoms with E-state index in [9.17, 15) is 53.5 Å². The molecule has 1 aliphatic rings. The molecular formula is C13H10F10O5. The Labute approximate surface area is 149 Å². The molecule has 1 fully saturated rings. The molecule has 162 valence electrons. The number of carbonyl (C=O) groups is 2. The average molecular weight is 436 g/mol. The van der Waals surface area contributed by atoms with Crippen LogP contribution in [0.3, 0.4) is 0 Å². The number of alkyl halides is 9. The van der Waals surface area contributed by atoms with Crippen molar-refractivity contribution in [3.05, 3.63) is 12.4 Å². The minimum Gasteiger partial charge on any atom is -0.440 e. The van der Waals surface area contributed by atoms with Gasteiger partial charge in [0.2, 0.25) is 12.1 Å². The van der Waals surface area contributed by atoms with Crippen molar-refractivity contribution in [2.45, 2.75) is 49.9 Å². The molecule has 1 aliphatic heterocycles. The van der Waals surface area contributed by atoms with Crippen LogP contribution in [0.5, 0.6) is 0 Å². The van der Waals surface area contributed by atoms with Crippen molar-refractivity contribution in [2.75, 3.05) is 0 Å². The Morgan fingerprint density at radius 1 is 1.07 bits per heavy atom. The van der Waals surface area contributed by atoms with E-state index in [0.717, 1.165) is 6.92 Å². The number of carbonyl (C=O) groups excluding carboxylic acids is 2. The maximum atomic E-state index is 13.3. The molecule has 0 N–H and O–H groups in total. The van der Waals surface area contributed by atoms with Gasteiger partial charge in [0.1, 0.15) is 0 Å². The lowest BCUT2D eigenvalue weighted by Gasteiger charge is -2.31. The molecule has 0 aromatic heterocycles. The van der Waals surface area contributed by atoms with Gasteiger partial charge in [-0.25, -0.2) is 9.59 Å². The summed E-state index contributed by atoms with van der Waals surface area (Å²) >= 11 is 0. The molecule has 5 nitrogen and oxygen atoms in total. The van der Waals surface area contributed by atoms with E-state index < -0.39 is 66.6 Å². The van der Waals surface area contributed by atoms with Crippen LogP contribution < -0.4 is 0 Å². The molecule has 3 unspecified atom stereocenters. The van der Waals surface area contributed by atoms with E-state index in [1.807, 2.05) is 0 Å². The lowest BCUT2D eigenvalue weighted by molar-refractivity contribution is -0.331. The van der Waals surface area contributed by atoms with Crippen molar-refractivity contribution in [1.29, 1.82) is 0 Å². The summed E-state index contributed by atoms with van der Waals surface area (Å²) in [5.41, 5.74) is -4.32. The summed E-state index contributed by atoms with van der Waals surface area (Å²) < 4.78 is 139. The molecule has 1 saturated heterocycles. The number of halogens is 10. The van der Waals surface area contributed by atoms with Gasteiger partial charge in [0, 0.05) is 12.3 Å². The SMILES string of the molecule is C=C(F)C(=O)OC1OC(C(=O)OC(C(F)(F)F)C(F)(F)F)(C(F)(F)F)CC1C. The van der Waals surface area contributed by atoms with Gasteiger partial charge in [0.15, 0.2) is 0 Å². The maximum Gasteiger partial charge on any atom is 0.434 e. The largest absolute Gasteiger partial charge is 0.440 e. The first-order valence-corrected chi connectivity index (χ1v) is 6.97. The van der Waals surface area contributed by atoms with Crippen LogP contribution in [0, 0.1) is 5.92 Å². The van der Waals surface area contributed by atoms with Crippen molar-refractivity contribution in [3.63, 3.8) is 0 Å². The Balaban J connectivity index is 3.24. The van der Waals surface area contributed by atoms with E-state index in [4.69, 9.17) is 0 Å². The normalized spacial score (nSPS) is 26.3. The second-order valence-electron chi connectivity index (χ2n) is 5.67. The van der Waals surface area contributed by atoms with Gasteiger partial charge in [0.05, 0.1) is 0 Å². The Bertz CT molecular complexity index is 623. The lowest BCUT2D eigenvalue weighted by atomic mass is 9.94. The fourth-order valence-corrected chi connectivity index (χ4v) is 2.17. The smallest absolute Gasteiger partial charge is 0.434 e. The summed E-state index contributed by atoms with van der Waals surface area (Å²) in [5, 5.41) is 0. The third-order valence-corrected chi connectivity index (χ3v) is 3.44. The van der Waals surface area contributed by atoms with Gasteiger partial charge >= 0.3 is 30.5 Å². The van der Waals surface area contributed by atoms with E-state index in [2.05, 4.69) is 20.8 Å². The van der Waals surface area contributed by atoms with Gasteiger partial charge in [-0.05, 0) is 0 Å². The van der Waals surface area contributed by atoms with Crippen LogP contribution in [0.25, 0.3) is 0 Å². The van der Waals surface area contributed by atoms with Crippen molar-refractivity contribution >= 4 is 11.9 Å². The van der Waals surface area contributed by atoms with E-state index in [1.54, 1.807) is 0 Å². The summed E-state index contributed by atoms with van der Waals surface area (Å²) in [6.45, 7) is 3.33. The third-order valence-electron chi connectivity index (χ3n) is 3.44. The minimum absolute atomic E-state index is 0.852. The first-order chi connectivity index (χ1) is 12.3. The maximum absolute atomic E-state index is 13.3. The van der Waals surface area contributed by atoms with Crippen LogP contribution in [0.4, 0.5) is 43.9 Å². The highest BCUT2D eigenvalue weighted by atomic mass is 19.4. The first-order valence-electron chi connectivity index (χ1n) is 6.97. The molecule has 0 radical (unpaired) electrons. The molecule has 0 spiro atoms. The first kappa shape index (κ1) is 24.0. The number of rotatable bonds is 4. The number of esters is 2. The van der Waals surface area contributed by atoms with Crippen molar-refractivity contribution in [1.82, 2.24) is 0 Å². The number of hydrogen-bond donors (Lipinski definition) is 0. The molecule has 0 aromatic carbocycles. The fourth-order valence-electron chi connectivity index (χ4n) is 2.17. The predicted octanol–water partition coefficient (Wildman–Crippen LogP) is 3.73. The van der Waals surface area contributed by atoms with Crippen molar-refractivity contribution in [3.8, 4) is 0 Å². The van der Waals surface area contributed by atoms with Crippen LogP contribution in [0.15, 0.2) is 12.4 Å². The zero-order valence-electron chi connectivity index (χ0n) is 13.5. The molecule has 1 heterocycles. The van der Waals surface area contributed by atoms with Crippen LogP contribution in [-0.4, -0.2) is 48.5 Å². The second-order valence-corrected chi connectivity index (χ2v) is 5.67. The van der Waals surface area contributed by atoms with Crippen molar-refractivity contribution in [2.24, 2.45) is 5.92 Å².